The Labute approximate surface area is 144 Å². The van der Waals surface area contributed by atoms with Crippen molar-refractivity contribution in [2.75, 3.05) is 26.2 Å². The van der Waals surface area contributed by atoms with E-state index in [-0.39, 0.29) is 32.1 Å². The highest BCUT2D eigenvalue weighted by Gasteiger charge is 2.34. The molecule has 0 aliphatic carbocycles. The maximum Gasteiger partial charge on any atom is 0.416 e. The van der Waals surface area contributed by atoms with Crippen molar-refractivity contribution in [3.05, 3.63) is 41.5 Å². The first-order valence-electron chi connectivity index (χ1n) is 7.63. The number of alkyl halides is 3. The molecule has 0 radical (unpaired) electrons. The molecule has 1 aliphatic rings. The lowest BCUT2D eigenvalue weighted by molar-refractivity contribution is -0.137. The molecule has 2 rings (SSSR count). The summed E-state index contributed by atoms with van der Waals surface area (Å²) < 4.78 is 64.6. The molecule has 0 unspecified atom stereocenters. The van der Waals surface area contributed by atoms with Crippen LogP contribution in [0.1, 0.15) is 19.4 Å². The van der Waals surface area contributed by atoms with Crippen LogP contribution in [-0.4, -0.2) is 49.7 Å². The van der Waals surface area contributed by atoms with E-state index in [9.17, 15) is 26.4 Å². The highest BCUT2D eigenvalue weighted by atomic mass is 32.2. The number of allylic oxidation sites excluding steroid dienone is 1. The van der Waals surface area contributed by atoms with Gasteiger partial charge in [0.2, 0.25) is 15.9 Å². The zero-order chi connectivity index (χ0) is 18.8. The van der Waals surface area contributed by atoms with Gasteiger partial charge in [0.05, 0.1) is 10.5 Å². The fourth-order valence-corrected chi connectivity index (χ4v) is 3.94. The van der Waals surface area contributed by atoms with Gasteiger partial charge in [0.25, 0.3) is 0 Å². The minimum absolute atomic E-state index is 0.0426. The van der Waals surface area contributed by atoms with Crippen LogP contribution in [0.25, 0.3) is 0 Å². The van der Waals surface area contributed by atoms with E-state index in [1.807, 2.05) is 0 Å². The Morgan fingerprint density at radius 1 is 1.12 bits per heavy atom. The number of hydrogen-bond donors (Lipinski definition) is 0. The Hall–Kier alpha value is -1.87. The number of sulfonamides is 1. The number of rotatable bonds is 3. The number of hydrogen-bond acceptors (Lipinski definition) is 3. The molecule has 1 fully saturated rings. The Morgan fingerprint density at radius 2 is 1.72 bits per heavy atom. The van der Waals surface area contributed by atoms with Gasteiger partial charge in [-0.15, -0.1) is 0 Å². The third-order valence-corrected chi connectivity index (χ3v) is 5.66. The Morgan fingerprint density at radius 3 is 2.24 bits per heavy atom. The lowest BCUT2D eigenvalue weighted by Gasteiger charge is -2.33. The molecule has 0 aromatic heterocycles. The van der Waals surface area contributed by atoms with Crippen LogP contribution in [0.3, 0.4) is 0 Å². The quantitative estimate of drug-likeness (QED) is 0.762. The van der Waals surface area contributed by atoms with Gasteiger partial charge in [-0.1, -0.05) is 11.6 Å². The third-order valence-electron chi connectivity index (χ3n) is 3.76. The lowest BCUT2D eigenvalue weighted by atomic mass is 10.2. The van der Waals surface area contributed by atoms with Gasteiger partial charge in [0.15, 0.2) is 0 Å². The van der Waals surface area contributed by atoms with Crippen LogP contribution in [0.4, 0.5) is 13.2 Å². The third kappa shape index (κ3) is 4.60. The van der Waals surface area contributed by atoms with E-state index in [1.165, 1.54) is 11.0 Å². The number of nitrogens with zero attached hydrogens (tertiary/aromatic N) is 2. The first-order chi connectivity index (χ1) is 11.5. The minimum atomic E-state index is -4.61. The average Bonchev–Trinajstić information content (AvgIpc) is 2.53. The second-order valence-electron chi connectivity index (χ2n) is 5.98. The summed E-state index contributed by atoms with van der Waals surface area (Å²) in [5.41, 5.74) is -0.171. The van der Waals surface area contributed by atoms with E-state index in [2.05, 4.69) is 0 Å². The number of halogens is 3. The summed E-state index contributed by atoms with van der Waals surface area (Å²) in [6.45, 7) is 4.04. The van der Waals surface area contributed by atoms with Crippen molar-refractivity contribution >= 4 is 15.9 Å². The Bertz CT molecular complexity index is 776. The zero-order valence-electron chi connectivity index (χ0n) is 13.9. The van der Waals surface area contributed by atoms with Gasteiger partial charge in [0, 0.05) is 32.3 Å². The molecule has 9 heteroatoms. The molecule has 1 aromatic carbocycles. The summed E-state index contributed by atoms with van der Waals surface area (Å²) in [5.74, 6) is -0.198. The van der Waals surface area contributed by atoms with Crippen LogP contribution in [0.5, 0.6) is 0 Å². The molecule has 1 aliphatic heterocycles. The van der Waals surface area contributed by atoms with Gasteiger partial charge in [-0.3, -0.25) is 4.79 Å². The molecule has 1 heterocycles. The smallest absolute Gasteiger partial charge is 0.337 e. The average molecular weight is 376 g/mol. The maximum atomic E-state index is 12.8. The van der Waals surface area contributed by atoms with E-state index >= 15 is 0 Å². The van der Waals surface area contributed by atoms with Crippen molar-refractivity contribution in [1.29, 1.82) is 0 Å². The molecule has 1 amide bonds. The number of amides is 1. The SMILES string of the molecule is CC(C)=CC(=O)N1CCN(S(=O)(=O)c2cccc(C(F)(F)F)c2)CC1. The van der Waals surface area contributed by atoms with Gasteiger partial charge in [0.1, 0.15) is 0 Å². The van der Waals surface area contributed by atoms with Crippen LogP contribution in [-0.2, 0) is 21.0 Å². The molecule has 0 bridgehead atoms. The molecule has 0 N–H and O–H groups in total. The van der Waals surface area contributed by atoms with Crippen molar-refractivity contribution in [3.63, 3.8) is 0 Å². The lowest BCUT2D eigenvalue weighted by Crippen LogP contribution is -2.50. The zero-order valence-corrected chi connectivity index (χ0v) is 14.7. The first kappa shape index (κ1) is 19.5. The molecule has 1 saturated heterocycles. The maximum absolute atomic E-state index is 12.8. The molecule has 0 atom stereocenters. The normalized spacial score (nSPS) is 16.6. The molecule has 1 aromatic rings. The number of benzene rings is 1. The monoisotopic (exact) mass is 376 g/mol. The van der Waals surface area contributed by atoms with Crippen molar-refractivity contribution in [2.24, 2.45) is 0 Å². The van der Waals surface area contributed by atoms with E-state index in [4.69, 9.17) is 0 Å². The first-order valence-corrected chi connectivity index (χ1v) is 9.07. The molecule has 5 nitrogen and oxygen atoms in total. The summed E-state index contributed by atoms with van der Waals surface area (Å²) >= 11 is 0. The number of carbonyl (C=O) groups excluding carboxylic acids is 1. The Kier molecular flexibility index (Phi) is 5.58. The standard InChI is InChI=1S/C16H19F3N2O3S/c1-12(2)10-15(22)20-6-8-21(9-7-20)25(23,24)14-5-3-4-13(11-14)16(17,18)19/h3-5,10-11H,6-9H2,1-2H3. The predicted octanol–water partition coefficient (Wildman–Crippen LogP) is 2.50. The van der Waals surface area contributed by atoms with Crippen molar-refractivity contribution in [3.8, 4) is 0 Å². The van der Waals surface area contributed by atoms with Gasteiger partial charge >= 0.3 is 6.18 Å². The predicted molar refractivity (Wildman–Crippen MR) is 86.2 cm³/mol. The van der Waals surface area contributed by atoms with Crippen LogP contribution in [0.2, 0.25) is 0 Å². The molecule has 25 heavy (non-hydrogen) atoms. The van der Waals surface area contributed by atoms with Crippen LogP contribution < -0.4 is 0 Å². The summed E-state index contributed by atoms with van der Waals surface area (Å²) in [4.78, 5) is 13.1. The van der Waals surface area contributed by atoms with Gasteiger partial charge in [-0.2, -0.15) is 17.5 Å². The number of carbonyl (C=O) groups is 1. The van der Waals surface area contributed by atoms with Crippen molar-refractivity contribution in [2.45, 2.75) is 24.9 Å². The highest BCUT2D eigenvalue weighted by Crippen LogP contribution is 2.31. The molecule has 0 saturated carbocycles. The van der Waals surface area contributed by atoms with Gasteiger partial charge in [-0.25, -0.2) is 8.42 Å². The van der Waals surface area contributed by atoms with E-state index in [0.717, 1.165) is 28.1 Å². The summed E-state index contributed by atoms with van der Waals surface area (Å²) in [6, 6.07) is 3.68. The van der Waals surface area contributed by atoms with E-state index < -0.39 is 26.7 Å². The minimum Gasteiger partial charge on any atom is -0.337 e. The molecular formula is C16H19F3N2O3S. The van der Waals surface area contributed by atoms with Crippen molar-refractivity contribution < 1.29 is 26.4 Å². The fraction of sp³-hybridized carbons (Fsp3) is 0.438. The topological polar surface area (TPSA) is 57.7 Å². The van der Waals surface area contributed by atoms with Crippen LogP contribution >= 0.6 is 0 Å². The number of piperazine rings is 1. The summed E-state index contributed by atoms with van der Waals surface area (Å²) in [5, 5.41) is 0. The van der Waals surface area contributed by atoms with Gasteiger partial charge in [-0.05, 0) is 32.0 Å². The van der Waals surface area contributed by atoms with Crippen molar-refractivity contribution in [1.82, 2.24) is 9.21 Å². The summed E-state index contributed by atoms with van der Waals surface area (Å²) in [6.07, 6.45) is -3.14. The second-order valence-corrected chi connectivity index (χ2v) is 7.91. The fourth-order valence-electron chi connectivity index (χ4n) is 2.47. The van der Waals surface area contributed by atoms with Crippen LogP contribution in [0.15, 0.2) is 40.8 Å². The second kappa shape index (κ2) is 7.17. The van der Waals surface area contributed by atoms with Gasteiger partial charge < -0.3 is 4.90 Å². The van der Waals surface area contributed by atoms with E-state index in [0.29, 0.717) is 6.07 Å². The molecule has 0 spiro atoms. The van der Waals surface area contributed by atoms with Crippen LogP contribution in [0, 0.1) is 0 Å². The van der Waals surface area contributed by atoms with E-state index in [1.54, 1.807) is 13.8 Å². The molecular weight excluding hydrogens is 357 g/mol. The summed E-state index contributed by atoms with van der Waals surface area (Å²) in [7, 11) is -4.04. The molecule has 138 valence electrons. The highest BCUT2D eigenvalue weighted by molar-refractivity contribution is 7.89. The Balaban J connectivity index is 2.15. The largest absolute Gasteiger partial charge is 0.416 e.